The molecule has 0 atom stereocenters. The summed E-state index contributed by atoms with van der Waals surface area (Å²) in [5, 5.41) is 9.24. The number of nitrogens with zero attached hydrogens (tertiary/aromatic N) is 1. The molecule has 1 aliphatic rings. The molecule has 0 unspecified atom stereocenters. The number of carboxylic acids is 1. The number of methoxy groups -OCH3 is 1. The lowest BCUT2D eigenvalue weighted by Crippen LogP contribution is -2.31. The molecule has 0 heterocycles. The van der Waals surface area contributed by atoms with Crippen LogP contribution in [0.2, 0.25) is 0 Å². The number of halogens is 1. The molecule has 2 rings (SSSR count). The monoisotopic (exact) mass is 268 g/mol. The minimum atomic E-state index is -1.21. The van der Waals surface area contributed by atoms with E-state index >= 15 is 0 Å². The van der Waals surface area contributed by atoms with Crippen molar-refractivity contribution in [3.8, 4) is 0 Å². The Kier molecular flexibility index (Phi) is 3.90. The minimum absolute atomic E-state index is 0.164. The van der Waals surface area contributed by atoms with E-state index in [9.17, 15) is 14.3 Å². The van der Waals surface area contributed by atoms with Crippen LogP contribution in [-0.2, 0) is 4.74 Å². The standard InChI is InChI=1S/C13H17FN2O3/c1-19-7-6-16(8-2-3-8)10-5-4-9(14)12(15)11(10)13(17)18/h4-5,8H,2-3,6-7,15H2,1H3,(H,17,18). The second kappa shape index (κ2) is 5.44. The smallest absolute Gasteiger partial charge is 0.340 e. The maximum atomic E-state index is 13.4. The van der Waals surface area contributed by atoms with Gasteiger partial charge < -0.3 is 20.5 Å². The van der Waals surface area contributed by atoms with Crippen LogP contribution in [0.1, 0.15) is 23.2 Å². The molecule has 104 valence electrons. The van der Waals surface area contributed by atoms with E-state index in [1.165, 1.54) is 12.1 Å². The van der Waals surface area contributed by atoms with Crippen molar-refractivity contribution in [1.82, 2.24) is 0 Å². The number of ether oxygens (including phenoxy) is 1. The van der Waals surface area contributed by atoms with E-state index < -0.39 is 11.8 Å². The highest BCUT2D eigenvalue weighted by Crippen LogP contribution is 2.36. The molecule has 1 aliphatic carbocycles. The Morgan fingerprint density at radius 2 is 2.26 bits per heavy atom. The third-order valence-corrected chi connectivity index (χ3v) is 3.22. The van der Waals surface area contributed by atoms with E-state index in [4.69, 9.17) is 10.5 Å². The first kappa shape index (κ1) is 13.6. The van der Waals surface area contributed by atoms with Crippen LogP contribution in [0.4, 0.5) is 15.8 Å². The Morgan fingerprint density at radius 3 is 2.79 bits per heavy atom. The van der Waals surface area contributed by atoms with Crippen molar-refractivity contribution in [3.05, 3.63) is 23.5 Å². The molecule has 0 bridgehead atoms. The van der Waals surface area contributed by atoms with Crippen molar-refractivity contribution >= 4 is 17.3 Å². The van der Waals surface area contributed by atoms with Gasteiger partial charge in [-0.1, -0.05) is 0 Å². The lowest BCUT2D eigenvalue weighted by Gasteiger charge is -2.26. The van der Waals surface area contributed by atoms with Gasteiger partial charge in [-0.15, -0.1) is 0 Å². The number of nitrogen functional groups attached to an aromatic ring is 1. The third kappa shape index (κ3) is 2.78. The number of anilines is 2. The molecule has 19 heavy (non-hydrogen) atoms. The number of carbonyl (C=O) groups is 1. The Bertz CT molecular complexity index is 489. The lowest BCUT2D eigenvalue weighted by molar-refractivity contribution is 0.0698. The van der Waals surface area contributed by atoms with Gasteiger partial charge in [0.25, 0.3) is 0 Å². The van der Waals surface area contributed by atoms with Crippen molar-refractivity contribution in [2.75, 3.05) is 30.9 Å². The Morgan fingerprint density at radius 1 is 1.58 bits per heavy atom. The van der Waals surface area contributed by atoms with Crippen molar-refractivity contribution in [2.45, 2.75) is 18.9 Å². The molecule has 5 nitrogen and oxygen atoms in total. The molecule has 0 amide bonds. The van der Waals surface area contributed by atoms with E-state index in [1.807, 2.05) is 4.90 Å². The molecule has 0 spiro atoms. The molecule has 6 heteroatoms. The topological polar surface area (TPSA) is 75.8 Å². The average Bonchev–Trinajstić information content (AvgIpc) is 3.18. The Hall–Kier alpha value is -1.82. The molecule has 1 saturated carbocycles. The second-order valence-corrected chi connectivity index (χ2v) is 4.58. The van der Waals surface area contributed by atoms with Gasteiger partial charge in [0.2, 0.25) is 0 Å². The quantitative estimate of drug-likeness (QED) is 0.768. The first-order valence-electron chi connectivity index (χ1n) is 6.13. The van der Waals surface area contributed by atoms with Gasteiger partial charge in [0.1, 0.15) is 11.4 Å². The highest BCUT2D eigenvalue weighted by Gasteiger charge is 2.32. The lowest BCUT2D eigenvalue weighted by atomic mass is 10.1. The SMILES string of the molecule is COCCN(c1ccc(F)c(N)c1C(=O)O)C1CC1. The summed E-state index contributed by atoms with van der Waals surface area (Å²) in [6.07, 6.45) is 2.00. The van der Waals surface area contributed by atoms with Crippen LogP contribution in [0.25, 0.3) is 0 Å². The number of carboxylic acid groups (broad SMARTS) is 1. The van der Waals surface area contributed by atoms with Crippen LogP contribution >= 0.6 is 0 Å². The van der Waals surface area contributed by atoms with Crippen molar-refractivity contribution in [2.24, 2.45) is 0 Å². The van der Waals surface area contributed by atoms with Crippen molar-refractivity contribution < 1.29 is 19.0 Å². The molecular weight excluding hydrogens is 251 g/mol. The fourth-order valence-corrected chi connectivity index (χ4v) is 2.12. The minimum Gasteiger partial charge on any atom is -0.478 e. The van der Waals surface area contributed by atoms with Crippen LogP contribution < -0.4 is 10.6 Å². The maximum absolute atomic E-state index is 13.4. The summed E-state index contributed by atoms with van der Waals surface area (Å²) in [6.45, 7) is 1.04. The van der Waals surface area contributed by atoms with Crippen LogP contribution in [-0.4, -0.2) is 37.4 Å². The fraction of sp³-hybridized carbons (Fsp3) is 0.462. The molecule has 1 aromatic carbocycles. The molecule has 0 aromatic heterocycles. The van der Waals surface area contributed by atoms with Crippen LogP contribution in [0.5, 0.6) is 0 Å². The van der Waals surface area contributed by atoms with Crippen molar-refractivity contribution in [1.29, 1.82) is 0 Å². The highest BCUT2D eigenvalue weighted by molar-refractivity contribution is 6.00. The predicted octanol–water partition coefficient (Wildman–Crippen LogP) is 1.72. The molecule has 0 radical (unpaired) electrons. The maximum Gasteiger partial charge on any atom is 0.340 e. The number of hydrogen-bond donors (Lipinski definition) is 2. The summed E-state index contributed by atoms with van der Waals surface area (Å²) in [7, 11) is 1.59. The first-order valence-corrected chi connectivity index (χ1v) is 6.13. The highest BCUT2D eigenvalue weighted by atomic mass is 19.1. The van der Waals surface area contributed by atoms with Gasteiger partial charge in [-0.2, -0.15) is 0 Å². The van der Waals surface area contributed by atoms with E-state index in [2.05, 4.69) is 0 Å². The summed E-state index contributed by atoms with van der Waals surface area (Å²) in [6, 6.07) is 2.97. The molecule has 0 saturated heterocycles. The van der Waals surface area contributed by atoms with Gasteiger partial charge in [-0.3, -0.25) is 0 Å². The average molecular weight is 268 g/mol. The third-order valence-electron chi connectivity index (χ3n) is 3.22. The molecule has 1 fully saturated rings. The van der Waals surface area contributed by atoms with Gasteiger partial charge in [0.05, 0.1) is 18.0 Å². The zero-order valence-corrected chi connectivity index (χ0v) is 10.7. The Labute approximate surface area is 110 Å². The number of aromatic carboxylic acids is 1. The van der Waals surface area contributed by atoms with Gasteiger partial charge in [-0.25, -0.2) is 9.18 Å². The van der Waals surface area contributed by atoms with Crippen LogP contribution in [0.3, 0.4) is 0 Å². The Balaban J connectivity index is 2.41. The zero-order chi connectivity index (χ0) is 14.0. The molecular formula is C13H17FN2O3. The molecule has 3 N–H and O–H groups in total. The largest absolute Gasteiger partial charge is 0.478 e. The fourth-order valence-electron chi connectivity index (χ4n) is 2.12. The van der Waals surface area contributed by atoms with Gasteiger partial charge in [0.15, 0.2) is 0 Å². The summed E-state index contributed by atoms with van der Waals surface area (Å²) in [5.41, 5.74) is 5.55. The second-order valence-electron chi connectivity index (χ2n) is 4.58. The number of rotatable bonds is 6. The number of hydrogen-bond acceptors (Lipinski definition) is 4. The summed E-state index contributed by atoms with van der Waals surface area (Å²) >= 11 is 0. The van der Waals surface area contributed by atoms with E-state index in [0.29, 0.717) is 18.8 Å². The van der Waals surface area contributed by atoms with Crippen molar-refractivity contribution in [3.63, 3.8) is 0 Å². The van der Waals surface area contributed by atoms with Gasteiger partial charge in [0, 0.05) is 19.7 Å². The molecule has 0 aliphatic heterocycles. The van der Waals surface area contributed by atoms with Crippen LogP contribution in [0.15, 0.2) is 12.1 Å². The number of benzene rings is 1. The number of nitrogens with two attached hydrogens (primary N) is 1. The molecule has 1 aromatic rings. The normalized spacial score (nSPS) is 14.4. The van der Waals surface area contributed by atoms with E-state index in [1.54, 1.807) is 7.11 Å². The van der Waals surface area contributed by atoms with Gasteiger partial charge in [-0.05, 0) is 25.0 Å². The first-order chi connectivity index (χ1) is 9.06. The van der Waals surface area contributed by atoms with E-state index in [0.717, 1.165) is 12.8 Å². The van der Waals surface area contributed by atoms with E-state index in [-0.39, 0.29) is 17.3 Å². The van der Waals surface area contributed by atoms with Gasteiger partial charge >= 0.3 is 5.97 Å². The summed E-state index contributed by atoms with van der Waals surface area (Å²) in [4.78, 5) is 13.2. The van der Waals surface area contributed by atoms with Crippen LogP contribution in [0, 0.1) is 5.82 Å². The summed E-state index contributed by atoms with van der Waals surface area (Å²) < 4.78 is 18.5. The summed E-state index contributed by atoms with van der Waals surface area (Å²) in [5.74, 6) is -1.92. The zero-order valence-electron chi connectivity index (χ0n) is 10.7. The predicted molar refractivity (Wildman–Crippen MR) is 70.0 cm³/mol.